The van der Waals surface area contributed by atoms with Gasteiger partial charge in [-0.05, 0) is 32.9 Å². The van der Waals surface area contributed by atoms with E-state index in [1.165, 1.54) is 12.8 Å². The van der Waals surface area contributed by atoms with Crippen LogP contribution in [0.2, 0.25) is 0 Å². The van der Waals surface area contributed by atoms with Gasteiger partial charge in [0.2, 0.25) is 11.8 Å². The minimum absolute atomic E-state index is 0.445. The third kappa shape index (κ3) is 4.86. The van der Waals surface area contributed by atoms with E-state index in [2.05, 4.69) is 29.4 Å². The topological polar surface area (TPSA) is 51.0 Å². The van der Waals surface area contributed by atoms with Crippen LogP contribution in [0.25, 0.3) is 0 Å². The van der Waals surface area contributed by atoms with E-state index in [-0.39, 0.29) is 0 Å². The third-order valence-corrected chi connectivity index (χ3v) is 3.05. The number of nitrogens with zero attached hydrogens (tertiary/aromatic N) is 2. The second kappa shape index (κ2) is 8.23. The SMILES string of the molecule is CCCCC(CC)c1nnc(CCCNC)o1. The highest BCUT2D eigenvalue weighted by Gasteiger charge is 2.16. The fourth-order valence-electron chi connectivity index (χ4n) is 1.90. The van der Waals surface area contributed by atoms with Crippen molar-refractivity contribution in [3.8, 4) is 0 Å². The minimum Gasteiger partial charge on any atom is -0.425 e. The summed E-state index contributed by atoms with van der Waals surface area (Å²) in [6.45, 7) is 5.39. The molecule has 0 spiro atoms. The molecule has 0 fully saturated rings. The lowest BCUT2D eigenvalue weighted by molar-refractivity contribution is 0.390. The summed E-state index contributed by atoms with van der Waals surface area (Å²) in [6.07, 6.45) is 6.61. The Morgan fingerprint density at radius 2 is 2.06 bits per heavy atom. The number of rotatable bonds is 9. The molecular weight excluding hydrogens is 214 g/mol. The van der Waals surface area contributed by atoms with E-state index >= 15 is 0 Å². The molecule has 4 nitrogen and oxygen atoms in total. The summed E-state index contributed by atoms with van der Waals surface area (Å²) < 4.78 is 5.73. The van der Waals surface area contributed by atoms with Crippen LogP contribution in [-0.2, 0) is 6.42 Å². The summed E-state index contributed by atoms with van der Waals surface area (Å²) in [5.74, 6) is 2.06. The van der Waals surface area contributed by atoms with Crippen molar-refractivity contribution in [3.63, 3.8) is 0 Å². The normalized spacial score (nSPS) is 12.9. The molecule has 0 saturated carbocycles. The van der Waals surface area contributed by atoms with Gasteiger partial charge in [-0.25, -0.2) is 0 Å². The molecule has 0 aromatic carbocycles. The molecule has 17 heavy (non-hydrogen) atoms. The summed E-state index contributed by atoms with van der Waals surface area (Å²) in [5.41, 5.74) is 0. The van der Waals surface area contributed by atoms with Crippen molar-refractivity contribution in [2.45, 2.75) is 58.3 Å². The molecule has 0 radical (unpaired) electrons. The third-order valence-electron chi connectivity index (χ3n) is 3.05. The maximum absolute atomic E-state index is 5.73. The molecule has 0 bridgehead atoms. The van der Waals surface area contributed by atoms with Gasteiger partial charge in [-0.3, -0.25) is 0 Å². The van der Waals surface area contributed by atoms with Gasteiger partial charge in [-0.15, -0.1) is 10.2 Å². The zero-order valence-electron chi connectivity index (χ0n) is 11.3. The summed E-state index contributed by atoms with van der Waals surface area (Å²) in [6, 6.07) is 0. The standard InChI is InChI=1S/C13H25N3O/c1-4-6-8-11(5-2)13-16-15-12(17-13)9-7-10-14-3/h11,14H,4-10H2,1-3H3. The van der Waals surface area contributed by atoms with Gasteiger partial charge in [0.25, 0.3) is 0 Å². The lowest BCUT2D eigenvalue weighted by Gasteiger charge is -2.08. The van der Waals surface area contributed by atoms with Gasteiger partial charge in [-0.2, -0.15) is 0 Å². The van der Waals surface area contributed by atoms with Crippen molar-refractivity contribution >= 4 is 0 Å². The Bertz CT molecular complexity index is 299. The Hall–Kier alpha value is -0.900. The summed E-state index contributed by atoms with van der Waals surface area (Å²) in [4.78, 5) is 0. The fourth-order valence-corrected chi connectivity index (χ4v) is 1.90. The smallest absolute Gasteiger partial charge is 0.219 e. The first-order valence-electron chi connectivity index (χ1n) is 6.78. The van der Waals surface area contributed by atoms with Crippen LogP contribution in [0.1, 0.15) is 63.7 Å². The molecule has 98 valence electrons. The Labute approximate surface area is 104 Å². The van der Waals surface area contributed by atoms with E-state index in [1.54, 1.807) is 0 Å². The molecule has 1 unspecified atom stereocenters. The molecule has 1 aromatic rings. The van der Waals surface area contributed by atoms with Crippen LogP contribution in [0.4, 0.5) is 0 Å². The largest absolute Gasteiger partial charge is 0.425 e. The second-order valence-corrected chi connectivity index (χ2v) is 4.49. The Morgan fingerprint density at radius 3 is 2.71 bits per heavy atom. The van der Waals surface area contributed by atoms with Crippen LogP contribution in [0.15, 0.2) is 4.42 Å². The van der Waals surface area contributed by atoms with Crippen molar-refractivity contribution < 1.29 is 4.42 Å². The van der Waals surface area contributed by atoms with Crippen molar-refractivity contribution in [3.05, 3.63) is 11.8 Å². The van der Waals surface area contributed by atoms with E-state index in [0.717, 1.165) is 44.0 Å². The fraction of sp³-hybridized carbons (Fsp3) is 0.846. The average molecular weight is 239 g/mol. The van der Waals surface area contributed by atoms with Crippen molar-refractivity contribution in [2.24, 2.45) is 0 Å². The molecule has 0 aliphatic rings. The van der Waals surface area contributed by atoms with Gasteiger partial charge < -0.3 is 9.73 Å². The molecule has 1 atom stereocenters. The first-order chi connectivity index (χ1) is 8.31. The first-order valence-corrected chi connectivity index (χ1v) is 6.78. The zero-order chi connectivity index (χ0) is 12.5. The molecule has 0 aliphatic carbocycles. The van der Waals surface area contributed by atoms with Crippen LogP contribution in [0.3, 0.4) is 0 Å². The monoisotopic (exact) mass is 239 g/mol. The number of hydrogen-bond donors (Lipinski definition) is 1. The first kappa shape index (κ1) is 14.2. The number of hydrogen-bond acceptors (Lipinski definition) is 4. The number of aromatic nitrogens is 2. The second-order valence-electron chi connectivity index (χ2n) is 4.49. The molecule has 1 rings (SSSR count). The van der Waals surface area contributed by atoms with E-state index < -0.39 is 0 Å². The highest BCUT2D eigenvalue weighted by Crippen LogP contribution is 2.24. The molecule has 0 amide bonds. The predicted octanol–water partition coefficient (Wildman–Crippen LogP) is 2.91. The number of aryl methyl sites for hydroxylation is 1. The molecule has 1 aromatic heterocycles. The molecule has 1 N–H and O–H groups in total. The predicted molar refractivity (Wildman–Crippen MR) is 69.1 cm³/mol. The summed E-state index contributed by atoms with van der Waals surface area (Å²) in [5, 5.41) is 11.4. The Balaban J connectivity index is 2.46. The number of unbranched alkanes of at least 4 members (excludes halogenated alkanes) is 1. The Morgan fingerprint density at radius 1 is 1.24 bits per heavy atom. The van der Waals surface area contributed by atoms with Gasteiger partial charge >= 0.3 is 0 Å². The van der Waals surface area contributed by atoms with Gasteiger partial charge in [-0.1, -0.05) is 26.7 Å². The van der Waals surface area contributed by atoms with Crippen LogP contribution in [0, 0.1) is 0 Å². The molecule has 1 heterocycles. The van der Waals surface area contributed by atoms with Gasteiger partial charge in [0, 0.05) is 12.3 Å². The zero-order valence-corrected chi connectivity index (χ0v) is 11.3. The maximum atomic E-state index is 5.73. The molecular formula is C13H25N3O. The van der Waals surface area contributed by atoms with Crippen molar-refractivity contribution in [1.29, 1.82) is 0 Å². The van der Waals surface area contributed by atoms with E-state index in [4.69, 9.17) is 4.42 Å². The molecule has 4 heteroatoms. The summed E-state index contributed by atoms with van der Waals surface area (Å²) >= 11 is 0. The number of nitrogens with one attached hydrogen (secondary N) is 1. The van der Waals surface area contributed by atoms with Crippen molar-refractivity contribution in [2.75, 3.05) is 13.6 Å². The molecule has 0 aliphatic heterocycles. The van der Waals surface area contributed by atoms with Gasteiger partial charge in [0.1, 0.15) is 0 Å². The highest BCUT2D eigenvalue weighted by molar-refractivity contribution is 4.91. The van der Waals surface area contributed by atoms with Gasteiger partial charge in [0.05, 0.1) is 0 Å². The van der Waals surface area contributed by atoms with Crippen LogP contribution >= 0.6 is 0 Å². The van der Waals surface area contributed by atoms with E-state index in [1.807, 2.05) is 7.05 Å². The average Bonchev–Trinajstić information content (AvgIpc) is 2.79. The van der Waals surface area contributed by atoms with Crippen molar-refractivity contribution in [1.82, 2.24) is 15.5 Å². The highest BCUT2D eigenvalue weighted by atomic mass is 16.4. The van der Waals surface area contributed by atoms with Crippen LogP contribution < -0.4 is 5.32 Å². The summed E-state index contributed by atoms with van der Waals surface area (Å²) in [7, 11) is 1.96. The van der Waals surface area contributed by atoms with Crippen LogP contribution in [-0.4, -0.2) is 23.8 Å². The lowest BCUT2D eigenvalue weighted by atomic mass is 10.00. The maximum Gasteiger partial charge on any atom is 0.219 e. The van der Waals surface area contributed by atoms with E-state index in [0.29, 0.717) is 5.92 Å². The molecule has 0 saturated heterocycles. The Kier molecular flexibility index (Phi) is 6.86. The quantitative estimate of drug-likeness (QED) is 0.673. The van der Waals surface area contributed by atoms with Gasteiger partial charge in [0.15, 0.2) is 0 Å². The van der Waals surface area contributed by atoms with E-state index in [9.17, 15) is 0 Å². The lowest BCUT2D eigenvalue weighted by Crippen LogP contribution is -2.08. The van der Waals surface area contributed by atoms with Crippen LogP contribution in [0.5, 0.6) is 0 Å². The minimum atomic E-state index is 0.445.